The third kappa shape index (κ3) is 10.9. The van der Waals surface area contributed by atoms with Gasteiger partial charge in [-0.3, -0.25) is 4.57 Å². The van der Waals surface area contributed by atoms with E-state index in [0.29, 0.717) is 0 Å². The van der Waals surface area contributed by atoms with Crippen molar-refractivity contribution in [2.24, 2.45) is 0 Å². The Kier molecular flexibility index (Phi) is 8.51. The first kappa shape index (κ1) is 24.0. The van der Waals surface area contributed by atoms with Crippen molar-refractivity contribution < 1.29 is 28.2 Å². The fraction of sp³-hybridized carbons (Fsp3) is 0.579. The molecule has 0 aliphatic rings. The molecule has 1 aromatic carbocycles. The first-order chi connectivity index (χ1) is 12.8. The Labute approximate surface area is 166 Å². The largest absolute Gasteiger partial charge is 0.444 e. The number of carbonyl (C=O) groups is 2. The number of alkyl carbamates (subject to hydrolysis) is 2. The fourth-order valence-electron chi connectivity index (χ4n) is 1.91. The summed E-state index contributed by atoms with van der Waals surface area (Å²) >= 11 is 0. The molecule has 2 amide bonds. The van der Waals surface area contributed by atoms with Crippen molar-refractivity contribution in [2.75, 3.05) is 12.6 Å². The van der Waals surface area contributed by atoms with Gasteiger partial charge in [-0.1, -0.05) is 30.3 Å². The molecule has 8 nitrogen and oxygen atoms in total. The van der Waals surface area contributed by atoms with Gasteiger partial charge in [-0.15, -0.1) is 0 Å². The highest BCUT2D eigenvalue weighted by molar-refractivity contribution is 7.58. The predicted molar refractivity (Wildman–Crippen MR) is 107 cm³/mol. The summed E-state index contributed by atoms with van der Waals surface area (Å²) in [6.45, 7) is 10.4. The van der Waals surface area contributed by atoms with Crippen LogP contribution in [0.4, 0.5) is 9.59 Å². The monoisotopic (exact) mass is 414 g/mol. The molecular weight excluding hydrogens is 383 g/mol. The molecule has 1 aromatic rings. The smallest absolute Gasteiger partial charge is 0.408 e. The van der Waals surface area contributed by atoms with Gasteiger partial charge in [0.05, 0.1) is 19.2 Å². The summed E-state index contributed by atoms with van der Waals surface area (Å²) in [5, 5.41) is 4.89. The molecule has 0 aromatic heterocycles. The minimum Gasteiger partial charge on any atom is -0.444 e. The normalized spacial score (nSPS) is 12.2. The summed E-state index contributed by atoms with van der Waals surface area (Å²) in [4.78, 5) is 23.8. The lowest BCUT2D eigenvalue weighted by Crippen LogP contribution is -2.36. The summed E-state index contributed by atoms with van der Waals surface area (Å²) in [5.74, 6) is 0. The lowest BCUT2D eigenvalue weighted by atomic mass is 10.2. The number of hydrogen-bond donors (Lipinski definition) is 2. The first-order valence-corrected chi connectivity index (χ1v) is 11.0. The number of benzene rings is 1. The zero-order chi connectivity index (χ0) is 21.4. The van der Waals surface area contributed by atoms with E-state index >= 15 is 0 Å². The molecule has 2 N–H and O–H groups in total. The molecular formula is C19H31N2O6P. The van der Waals surface area contributed by atoms with Crippen LogP contribution in [0.3, 0.4) is 0 Å². The minimum atomic E-state index is -3.45. The quantitative estimate of drug-likeness (QED) is 0.639. The standard InChI is InChI=1S/C19H31N2O6P/c1-18(2,3)26-16(22)20-13-28(24,14-21-17(23)27-19(4,5)6)25-12-15-10-8-7-9-11-15/h7-11H,12-14H2,1-6H3,(H,20,22)(H,21,23). The van der Waals surface area contributed by atoms with Crippen molar-refractivity contribution in [3.63, 3.8) is 0 Å². The Bertz CT molecular complexity index is 659. The SMILES string of the molecule is CC(C)(C)OC(=O)NCP(=O)(CNC(=O)OC(C)(C)C)OCc1ccccc1. The molecule has 0 bridgehead atoms. The summed E-state index contributed by atoms with van der Waals surface area (Å²) in [7, 11) is -3.45. The number of rotatable bonds is 7. The van der Waals surface area contributed by atoms with E-state index in [1.165, 1.54) is 0 Å². The van der Waals surface area contributed by atoms with Gasteiger partial charge in [0.25, 0.3) is 0 Å². The Balaban J connectivity index is 2.73. The van der Waals surface area contributed by atoms with Gasteiger partial charge in [0.15, 0.2) is 0 Å². The van der Waals surface area contributed by atoms with Crippen LogP contribution in [0.2, 0.25) is 0 Å². The highest BCUT2D eigenvalue weighted by Crippen LogP contribution is 2.45. The molecule has 0 aliphatic carbocycles. The van der Waals surface area contributed by atoms with E-state index in [1.807, 2.05) is 30.3 Å². The molecule has 0 atom stereocenters. The zero-order valence-corrected chi connectivity index (χ0v) is 18.3. The van der Waals surface area contributed by atoms with E-state index in [9.17, 15) is 14.2 Å². The van der Waals surface area contributed by atoms with E-state index in [0.717, 1.165) is 5.56 Å². The number of amides is 2. The lowest BCUT2D eigenvalue weighted by molar-refractivity contribution is 0.0530. The van der Waals surface area contributed by atoms with Gasteiger partial charge in [-0.25, -0.2) is 9.59 Å². The minimum absolute atomic E-state index is 0.0735. The molecule has 158 valence electrons. The fourth-order valence-corrected chi connectivity index (χ4v) is 3.33. The van der Waals surface area contributed by atoms with Gasteiger partial charge in [0, 0.05) is 0 Å². The van der Waals surface area contributed by atoms with Crippen LogP contribution in [0.5, 0.6) is 0 Å². The van der Waals surface area contributed by atoms with Gasteiger partial charge >= 0.3 is 12.2 Å². The van der Waals surface area contributed by atoms with Crippen LogP contribution in [0.15, 0.2) is 30.3 Å². The molecule has 0 radical (unpaired) electrons. The van der Waals surface area contributed by atoms with Gasteiger partial charge in [-0.2, -0.15) is 0 Å². The topological polar surface area (TPSA) is 103 Å². The molecule has 0 unspecified atom stereocenters. The van der Waals surface area contributed by atoms with Crippen molar-refractivity contribution in [3.8, 4) is 0 Å². The summed E-state index contributed by atoms with van der Waals surface area (Å²) in [5.41, 5.74) is -0.557. The van der Waals surface area contributed by atoms with Crippen LogP contribution in [0.25, 0.3) is 0 Å². The van der Waals surface area contributed by atoms with E-state index in [4.69, 9.17) is 14.0 Å². The number of ether oxygens (including phenoxy) is 2. The number of carbonyl (C=O) groups excluding carboxylic acids is 2. The van der Waals surface area contributed by atoms with Crippen molar-refractivity contribution >= 4 is 19.6 Å². The second-order valence-corrected chi connectivity index (χ2v) is 10.8. The Morgan fingerprint density at radius 1 is 0.857 bits per heavy atom. The Morgan fingerprint density at radius 2 is 1.29 bits per heavy atom. The van der Waals surface area contributed by atoms with Crippen molar-refractivity contribution in [1.29, 1.82) is 0 Å². The molecule has 0 fully saturated rings. The first-order valence-electron chi connectivity index (χ1n) is 8.98. The number of nitrogens with one attached hydrogen (secondary N) is 2. The summed E-state index contributed by atoms with van der Waals surface area (Å²) < 4.78 is 29.1. The maximum atomic E-state index is 13.2. The second kappa shape index (κ2) is 9.94. The molecule has 9 heteroatoms. The van der Waals surface area contributed by atoms with E-state index in [1.54, 1.807) is 41.5 Å². The highest BCUT2D eigenvalue weighted by atomic mass is 31.2. The van der Waals surface area contributed by atoms with Crippen LogP contribution in [0.1, 0.15) is 47.1 Å². The maximum absolute atomic E-state index is 13.2. The summed E-state index contributed by atoms with van der Waals surface area (Å²) in [6.07, 6.45) is -2.00. The third-order valence-corrected chi connectivity index (χ3v) is 4.92. The third-order valence-electron chi connectivity index (χ3n) is 3.04. The predicted octanol–water partition coefficient (Wildman–Crippen LogP) is 4.45. The van der Waals surface area contributed by atoms with Gasteiger partial charge in [0.2, 0.25) is 7.37 Å². The summed E-state index contributed by atoms with van der Waals surface area (Å²) in [6, 6.07) is 9.18. The Morgan fingerprint density at radius 3 is 1.68 bits per heavy atom. The van der Waals surface area contributed by atoms with E-state index in [-0.39, 0.29) is 19.2 Å². The van der Waals surface area contributed by atoms with Crippen LogP contribution < -0.4 is 10.6 Å². The zero-order valence-electron chi connectivity index (χ0n) is 17.4. The maximum Gasteiger partial charge on any atom is 0.408 e. The van der Waals surface area contributed by atoms with Crippen LogP contribution in [-0.2, 0) is 25.2 Å². The molecule has 1 rings (SSSR count). The molecule has 28 heavy (non-hydrogen) atoms. The van der Waals surface area contributed by atoms with E-state index < -0.39 is 30.8 Å². The second-order valence-electron chi connectivity index (χ2n) is 8.25. The van der Waals surface area contributed by atoms with Crippen LogP contribution in [-0.4, -0.2) is 36.0 Å². The van der Waals surface area contributed by atoms with Crippen LogP contribution >= 0.6 is 7.37 Å². The average Bonchev–Trinajstić information content (AvgIpc) is 2.55. The number of hydrogen-bond acceptors (Lipinski definition) is 6. The van der Waals surface area contributed by atoms with Crippen LogP contribution in [0, 0.1) is 0 Å². The molecule has 0 saturated heterocycles. The molecule has 0 spiro atoms. The lowest BCUT2D eigenvalue weighted by Gasteiger charge is -2.24. The molecule has 0 heterocycles. The van der Waals surface area contributed by atoms with Crippen molar-refractivity contribution in [2.45, 2.75) is 59.4 Å². The molecule has 0 aliphatic heterocycles. The van der Waals surface area contributed by atoms with E-state index in [2.05, 4.69) is 10.6 Å². The molecule has 0 saturated carbocycles. The highest BCUT2D eigenvalue weighted by Gasteiger charge is 2.28. The van der Waals surface area contributed by atoms with Gasteiger partial charge < -0.3 is 24.6 Å². The van der Waals surface area contributed by atoms with Crippen molar-refractivity contribution in [1.82, 2.24) is 10.6 Å². The Hall–Kier alpha value is -2.05. The van der Waals surface area contributed by atoms with Gasteiger partial charge in [-0.05, 0) is 47.1 Å². The van der Waals surface area contributed by atoms with Gasteiger partial charge in [0.1, 0.15) is 11.2 Å². The average molecular weight is 414 g/mol. The van der Waals surface area contributed by atoms with Crippen molar-refractivity contribution in [3.05, 3.63) is 35.9 Å².